The Morgan fingerprint density at radius 1 is 0.516 bits per heavy atom. The first kappa shape index (κ1) is 64.0. The highest BCUT2D eigenvalue weighted by molar-refractivity contribution is 6.06. The maximum absolute atomic E-state index is 13.1. The number of piperidine rings is 2. The Balaban J connectivity index is 0.000000166. The number of nitrogen functional groups attached to an aromatic ring is 2. The minimum atomic E-state index is -0.781. The van der Waals surface area contributed by atoms with Crippen molar-refractivity contribution in [2.24, 2.45) is 0 Å². The number of aliphatic carboxylic acids is 1. The summed E-state index contributed by atoms with van der Waals surface area (Å²) in [6.45, 7) is 6.78. The van der Waals surface area contributed by atoms with Crippen LogP contribution in [0.5, 0.6) is 11.5 Å². The van der Waals surface area contributed by atoms with E-state index in [4.69, 9.17) is 16.6 Å². The van der Waals surface area contributed by atoms with Gasteiger partial charge < -0.3 is 56.6 Å². The van der Waals surface area contributed by atoms with Gasteiger partial charge in [-0.15, -0.1) is 20.4 Å². The Kier molecular flexibility index (Phi) is 20.7. The van der Waals surface area contributed by atoms with E-state index in [0.717, 1.165) is 105 Å². The lowest BCUT2D eigenvalue weighted by Gasteiger charge is -2.36. The zero-order valence-corrected chi connectivity index (χ0v) is 50.7. The van der Waals surface area contributed by atoms with Gasteiger partial charge in [0.05, 0.1) is 22.8 Å². The molecule has 6 aliphatic rings. The number of aromatic hydroxyl groups is 2. The highest BCUT2D eigenvalue weighted by atomic mass is 16.4. The molecular weight excluding hydrogens is 1160 g/mol. The summed E-state index contributed by atoms with van der Waals surface area (Å²) < 4.78 is 0. The molecule has 4 fully saturated rings. The lowest BCUT2D eigenvalue weighted by Crippen LogP contribution is -2.52. The molecule has 12 rings (SSSR count). The van der Waals surface area contributed by atoms with E-state index >= 15 is 0 Å². The fourth-order valence-electron chi connectivity index (χ4n) is 12.5. The largest absolute Gasteiger partial charge is 0.507 e. The molecule has 0 saturated carbocycles. The number of aromatic nitrogens is 4. The lowest BCUT2D eigenvalue weighted by molar-refractivity contribution is -0.138. The first-order valence-corrected chi connectivity index (χ1v) is 31.1. The fraction of sp³-hybridized carbons (Fsp3) is 0.394. The number of hydrogen-bond acceptors (Lipinski definition) is 19. The normalized spacial score (nSPS) is 18.0. The molecule has 6 aromatic rings. The maximum Gasteiger partial charge on any atom is 0.303 e. The van der Waals surface area contributed by atoms with Gasteiger partial charge in [-0.1, -0.05) is 61.4 Å². The first-order valence-electron chi connectivity index (χ1n) is 31.1. The van der Waals surface area contributed by atoms with Crippen LogP contribution in [0, 0.1) is 0 Å². The molecule has 0 spiro atoms. The van der Waals surface area contributed by atoms with Gasteiger partial charge in [-0.25, -0.2) is 0 Å². The summed E-state index contributed by atoms with van der Waals surface area (Å²) in [5, 5.41) is 53.1. The molecule has 25 nitrogen and oxygen atoms in total. The standard InChI is InChI=1S/C33H37N7O5.C19H22N2O5.C14H17N5O/c34-31-27(19-25(36-37-31)23-9-4-5-11-28(23)41)38-15-17-39(18-16-38)30(43)12-3-1-2-7-21-8-6-10-22-24(21)20-40(33(22)45)26-13-14-29(42)35-32(26)44;22-16-10-9-15(18(25)20-16)21-11-14-12(5-2-1-3-8-17(23)24)6-4-7-13(14)19(21)26;15-14-12(19-7-5-16-6-8-19)9-11(17-18-14)10-3-1-2-4-13(10)20/h4-6,8-11,19,26,41H,1-3,7,12-18,20H2,(H2,34,37)(H,35,42,44);4,6-7,15H,1-3,5,8-11H2,(H,23,24)(H,20,22,25);1-4,9,16,20H,5-8H2,(H2,15,18). The number of benzene rings is 4. The molecule has 0 aliphatic carbocycles. The number of imide groups is 2. The van der Waals surface area contributed by atoms with Gasteiger partial charge in [0, 0.05) is 113 Å². The summed E-state index contributed by atoms with van der Waals surface area (Å²) in [5.74, 6) is -1.32. The molecule has 2 aromatic heterocycles. The minimum absolute atomic E-state index is 0.122. The number of aryl methyl sites for hydroxylation is 2. The number of amides is 7. The number of hydrogen-bond donors (Lipinski definition) is 8. The molecule has 2 unspecified atom stereocenters. The Morgan fingerprint density at radius 2 is 0.956 bits per heavy atom. The van der Waals surface area contributed by atoms with Gasteiger partial charge in [-0.05, 0) is 122 Å². The van der Waals surface area contributed by atoms with E-state index in [1.54, 1.807) is 52.3 Å². The van der Waals surface area contributed by atoms with Crippen LogP contribution in [0.1, 0.15) is 120 Å². The Bertz CT molecular complexity index is 3720. The van der Waals surface area contributed by atoms with Crippen LogP contribution in [-0.2, 0) is 54.7 Å². The SMILES string of the molecule is Nc1nnc(-c2ccccc2O)cc1N1CCN(C(=O)CCCCCc2cccc3c2CN(C2CCC(=O)NC2=O)C3=O)CC1.Nc1nnc(-c2ccccc2O)cc1N1CCNCC1.O=C(O)CCCCCc1cccc2c1CN(C1CCC(=O)NC1=O)C2=O. The van der Waals surface area contributed by atoms with Crippen molar-refractivity contribution in [3.05, 3.63) is 130 Å². The predicted octanol–water partition coefficient (Wildman–Crippen LogP) is 5.12. The quantitative estimate of drug-likeness (QED) is 0.0409. The summed E-state index contributed by atoms with van der Waals surface area (Å²) in [5.41, 5.74) is 21.4. The number of carboxylic acids is 1. The van der Waals surface area contributed by atoms with Crippen molar-refractivity contribution in [1.82, 2.24) is 51.0 Å². The molecule has 0 radical (unpaired) electrons. The molecule has 6 aliphatic heterocycles. The van der Waals surface area contributed by atoms with Crippen LogP contribution in [-0.4, -0.2) is 162 Å². The second-order valence-electron chi connectivity index (χ2n) is 23.3. The van der Waals surface area contributed by atoms with E-state index < -0.39 is 29.9 Å². The van der Waals surface area contributed by atoms with Gasteiger partial charge in [0.2, 0.25) is 29.5 Å². The Hall–Kier alpha value is -10.0. The average molecular weight is 1240 g/mol. The third kappa shape index (κ3) is 15.3. The number of phenols is 2. The molecule has 10 N–H and O–H groups in total. The van der Waals surface area contributed by atoms with Crippen LogP contribution in [0.25, 0.3) is 22.5 Å². The van der Waals surface area contributed by atoms with Crippen molar-refractivity contribution in [2.45, 2.75) is 115 Å². The number of nitrogens with zero attached hydrogens (tertiary/aromatic N) is 9. The molecule has 4 aromatic carbocycles. The lowest BCUT2D eigenvalue weighted by atomic mass is 9.98. The summed E-state index contributed by atoms with van der Waals surface area (Å²) in [6, 6.07) is 27.9. The van der Waals surface area contributed by atoms with Crippen molar-refractivity contribution in [2.75, 3.05) is 73.6 Å². The molecule has 476 valence electrons. The number of rotatable bonds is 18. The highest BCUT2D eigenvalue weighted by Crippen LogP contribution is 2.36. The number of phenolic OH excluding ortho intramolecular Hbond substituents is 2. The predicted molar refractivity (Wildman–Crippen MR) is 338 cm³/mol. The topological polar surface area (TPSA) is 353 Å². The van der Waals surface area contributed by atoms with Crippen molar-refractivity contribution in [3.63, 3.8) is 0 Å². The van der Waals surface area contributed by atoms with Crippen molar-refractivity contribution in [1.29, 1.82) is 0 Å². The van der Waals surface area contributed by atoms with Gasteiger partial charge in [-0.2, -0.15) is 0 Å². The zero-order valence-electron chi connectivity index (χ0n) is 50.7. The average Bonchev–Trinajstić information content (AvgIpc) is 1.72. The van der Waals surface area contributed by atoms with E-state index in [1.165, 1.54) is 0 Å². The van der Waals surface area contributed by atoms with E-state index in [0.29, 0.717) is 110 Å². The number of unbranched alkanes of at least 4 members (excludes halogenated alkanes) is 4. The summed E-state index contributed by atoms with van der Waals surface area (Å²) in [6.07, 6.45) is 8.27. The van der Waals surface area contributed by atoms with Crippen LogP contribution in [0.4, 0.5) is 23.0 Å². The van der Waals surface area contributed by atoms with Crippen molar-refractivity contribution >= 4 is 70.3 Å². The fourth-order valence-corrected chi connectivity index (χ4v) is 12.5. The van der Waals surface area contributed by atoms with Crippen LogP contribution >= 0.6 is 0 Å². The van der Waals surface area contributed by atoms with Gasteiger partial charge in [0.1, 0.15) is 23.6 Å². The Labute approximate surface area is 526 Å². The van der Waals surface area contributed by atoms with Gasteiger partial charge in [0.25, 0.3) is 11.8 Å². The number of carboxylic acid groups (broad SMARTS) is 1. The van der Waals surface area contributed by atoms with Gasteiger partial charge >= 0.3 is 5.97 Å². The summed E-state index contributed by atoms with van der Waals surface area (Å²) in [4.78, 5) is 106. The number of anilines is 4. The molecule has 7 amide bonds. The van der Waals surface area contributed by atoms with Crippen LogP contribution < -0.4 is 37.2 Å². The number of nitrogens with one attached hydrogen (secondary N) is 3. The molecule has 0 bridgehead atoms. The molecular formula is C66H76N14O11. The molecule has 91 heavy (non-hydrogen) atoms. The number of fused-ring (bicyclic) bond motifs is 2. The first-order chi connectivity index (χ1) is 44.0. The van der Waals surface area contributed by atoms with E-state index in [9.17, 15) is 48.6 Å². The number of piperazine rings is 2. The number of carbonyl (C=O) groups is 8. The summed E-state index contributed by atoms with van der Waals surface area (Å²) >= 11 is 0. The van der Waals surface area contributed by atoms with E-state index in [2.05, 4.69) is 46.1 Å². The third-order valence-corrected chi connectivity index (χ3v) is 17.4. The van der Waals surface area contributed by atoms with Crippen LogP contribution in [0.3, 0.4) is 0 Å². The highest BCUT2D eigenvalue weighted by Gasteiger charge is 2.41. The monoisotopic (exact) mass is 1240 g/mol. The molecule has 25 heteroatoms. The molecule has 4 saturated heterocycles. The second-order valence-corrected chi connectivity index (χ2v) is 23.3. The van der Waals surface area contributed by atoms with Gasteiger partial charge in [0.15, 0.2) is 11.6 Å². The van der Waals surface area contributed by atoms with Crippen LogP contribution in [0.15, 0.2) is 97.1 Å². The Morgan fingerprint density at radius 3 is 1.41 bits per heavy atom. The molecule has 8 heterocycles. The number of carbonyl (C=O) groups excluding carboxylic acids is 7. The van der Waals surface area contributed by atoms with Crippen molar-refractivity contribution in [3.8, 4) is 34.0 Å². The summed E-state index contributed by atoms with van der Waals surface area (Å²) in [7, 11) is 0. The van der Waals surface area contributed by atoms with Crippen molar-refractivity contribution < 1.29 is 53.7 Å². The number of para-hydroxylation sites is 2. The smallest absolute Gasteiger partial charge is 0.303 e. The third-order valence-electron chi connectivity index (χ3n) is 17.4. The maximum atomic E-state index is 13.1. The zero-order chi connectivity index (χ0) is 64.1. The van der Waals surface area contributed by atoms with Crippen LogP contribution in [0.2, 0.25) is 0 Å². The minimum Gasteiger partial charge on any atom is -0.507 e. The van der Waals surface area contributed by atoms with E-state index in [1.807, 2.05) is 59.5 Å². The van der Waals surface area contributed by atoms with Gasteiger partial charge in [-0.3, -0.25) is 49.0 Å². The molecule has 2 atom stereocenters. The number of nitrogens with two attached hydrogens (primary N) is 2. The second kappa shape index (κ2) is 29.5. The van der Waals surface area contributed by atoms with E-state index in [-0.39, 0.29) is 60.3 Å².